The molecule has 1 spiro atoms. The molecule has 2 saturated carbocycles. The highest BCUT2D eigenvalue weighted by atomic mass is 14.5. The largest absolute Gasteiger partial charge is 0.0620 e. The zero-order chi connectivity index (χ0) is 11.3. The van der Waals surface area contributed by atoms with Crippen molar-refractivity contribution in [1.29, 1.82) is 0 Å². The summed E-state index contributed by atoms with van der Waals surface area (Å²) in [6, 6.07) is 9.21. The molecule has 0 radical (unpaired) electrons. The van der Waals surface area contributed by atoms with E-state index in [-0.39, 0.29) is 0 Å². The van der Waals surface area contributed by atoms with Gasteiger partial charge in [0.05, 0.1) is 0 Å². The van der Waals surface area contributed by atoms with Crippen LogP contribution in [0.15, 0.2) is 24.3 Å². The van der Waals surface area contributed by atoms with Crippen molar-refractivity contribution in [3.63, 3.8) is 0 Å². The number of rotatable bonds is 0. The molecule has 0 heteroatoms. The lowest BCUT2D eigenvalue weighted by Gasteiger charge is -2.37. The lowest BCUT2D eigenvalue weighted by molar-refractivity contribution is 0.137. The second kappa shape index (κ2) is 3.60. The SMILES string of the molecule is c1ccc2c(c1)CC1(CCC3CCCCC31)C2. The van der Waals surface area contributed by atoms with Gasteiger partial charge in [0.1, 0.15) is 0 Å². The van der Waals surface area contributed by atoms with E-state index in [2.05, 4.69) is 24.3 Å². The molecule has 1 aromatic rings. The Hall–Kier alpha value is -0.780. The highest BCUT2D eigenvalue weighted by Crippen LogP contribution is 2.58. The Bertz CT molecular complexity index is 406. The van der Waals surface area contributed by atoms with Gasteiger partial charge in [0.25, 0.3) is 0 Å². The summed E-state index contributed by atoms with van der Waals surface area (Å²) in [6.45, 7) is 0. The van der Waals surface area contributed by atoms with Crippen molar-refractivity contribution in [2.75, 3.05) is 0 Å². The van der Waals surface area contributed by atoms with E-state index in [9.17, 15) is 0 Å². The number of hydrogen-bond donors (Lipinski definition) is 0. The van der Waals surface area contributed by atoms with Gasteiger partial charge in [0.2, 0.25) is 0 Å². The molecule has 1 aromatic carbocycles. The minimum absolute atomic E-state index is 0.689. The average Bonchev–Trinajstić information content (AvgIpc) is 2.92. The van der Waals surface area contributed by atoms with E-state index in [0.717, 1.165) is 11.8 Å². The number of hydrogen-bond acceptors (Lipinski definition) is 0. The monoisotopic (exact) mass is 226 g/mol. The Morgan fingerprint density at radius 2 is 1.59 bits per heavy atom. The van der Waals surface area contributed by atoms with Crippen molar-refractivity contribution >= 4 is 0 Å². The van der Waals surface area contributed by atoms with Gasteiger partial charge in [-0.05, 0) is 60.5 Å². The Kier molecular flexibility index (Phi) is 2.16. The third kappa shape index (κ3) is 1.42. The molecule has 0 aromatic heterocycles. The van der Waals surface area contributed by atoms with E-state index in [0.29, 0.717) is 5.41 Å². The summed E-state index contributed by atoms with van der Waals surface area (Å²) in [5.74, 6) is 2.14. The maximum Gasteiger partial charge on any atom is -0.0185 e. The molecule has 0 aliphatic heterocycles. The zero-order valence-corrected chi connectivity index (χ0v) is 10.6. The molecule has 2 fully saturated rings. The lowest BCUT2D eigenvalue weighted by Crippen LogP contribution is -2.31. The van der Waals surface area contributed by atoms with Crippen LogP contribution in [-0.2, 0) is 12.8 Å². The van der Waals surface area contributed by atoms with Gasteiger partial charge in [-0.1, -0.05) is 43.5 Å². The van der Waals surface area contributed by atoms with E-state index < -0.39 is 0 Å². The highest BCUT2D eigenvalue weighted by Gasteiger charge is 2.50. The van der Waals surface area contributed by atoms with Crippen LogP contribution < -0.4 is 0 Å². The average molecular weight is 226 g/mol. The van der Waals surface area contributed by atoms with Crippen molar-refractivity contribution in [2.45, 2.75) is 51.4 Å². The van der Waals surface area contributed by atoms with Crippen LogP contribution in [0.1, 0.15) is 49.7 Å². The van der Waals surface area contributed by atoms with Crippen LogP contribution in [0.25, 0.3) is 0 Å². The van der Waals surface area contributed by atoms with E-state index in [1.54, 1.807) is 11.1 Å². The van der Waals surface area contributed by atoms with Crippen LogP contribution in [0.3, 0.4) is 0 Å². The van der Waals surface area contributed by atoms with Gasteiger partial charge in [-0.3, -0.25) is 0 Å². The second-order valence-electron chi connectivity index (χ2n) is 6.67. The minimum Gasteiger partial charge on any atom is -0.0620 e. The molecule has 17 heavy (non-hydrogen) atoms. The Morgan fingerprint density at radius 1 is 0.882 bits per heavy atom. The quantitative estimate of drug-likeness (QED) is 0.616. The van der Waals surface area contributed by atoms with Crippen molar-refractivity contribution in [3.8, 4) is 0 Å². The van der Waals surface area contributed by atoms with Crippen LogP contribution in [0, 0.1) is 17.3 Å². The van der Waals surface area contributed by atoms with E-state index in [4.69, 9.17) is 0 Å². The molecule has 0 N–H and O–H groups in total. The first-order chi connectivity index (χ1) is 8.37. The Morgan fingerprint density at radius 3 is 2.35 bits per heavy atom. The highest BCUT2D eigenvalue weighted by molar-refractivity contribution is 5.35. The first-order valence-electron chi connectivity index (χ1n) is 7.44. The number of fused-ring (bicyclic) bond motifs is 3. The summed E-state index contributed by atoms with van der Waals surface area (Å²) in [5, 5.41) is 0. The van der Waals surface area contributed by atoms with Gasteiger partial charge in [-0.15, -0.1) is 0 Å². The fourth-order valence-corrected chi connectivity index (χ4v) is 5.18. The molecule has 2 unspecified atom stereocenters. The molecule has 0 nitrogen and oxygen atoms in total. The third-order valence-electron chi connectivity index (χ3n) is 5.91. The molecule has 4 rings (SSSR count). The molecule has 3 aliphatic rings. The van der Waals surface area contributed by atoms with E-state index >= 15 is 0 Å². The lowest BCUT2D eigenvalue weighted by atomic mass is 9.68. The smallest absolute Gasteiger partial charge is 0.0185 e. The molecule has 0 amide bonds. The topological polar surface area (TPSA) is 0 Å². The molecular formula is C17H22. The third-order valence-corrected chi connectivity index (χ3v) is 5.91. The van der Waals surface area contributed by atoms with Crippen LogP contribution in [0.5, 0.6) is 0 Å². The second-order valence-corrected chi connectivity index (χ2v) is 6.67. The summed E-state index contributed by atoms with van der Waals surface area (Å²) in [4.78, 5) is 0. The molecule has 0 saturated heterocycles. The molecule has 2 atom stereocenters. The van der Waals surface area contributed by atoms with Gasteiger partial charge in [-0.2, -0.15) is 0 Å². The van der Waals surface area contributed by atoms with Crippen LogP contribution in [0.2, 0.25) is 0 Å². The standard InChI is InChI=1S/C17H22/c1-2-7-15-12-17(11-14(15)6-1)10-9-13-5-3-4-8-16(13)17/h1-2,6-7,13,16H,3-5,8-12H2. The first kappa shape index (κ1) is 10.2. The first-order valence-corrected chi connectivity index (χ1v) is 7.44. The van der Waals surface area contributed by atoms with Gasteiger partial charge < -0.3 is 0 Å². The molecule has 0 bridgehead atoms. The number of benzene rings is 1. The molecule has 0 heterocycles. The molecular weight excluding hydrogens is 204 g/mol. The normalized spacial score (nSPS) is 33.6. The summed E-state index contributed by atoms with van der Waals surface area (Å²) >= 11 is 0. The fourth-order valence-electron chi connectivity index (χ4n) is 5.18. The maximum absolute atomic E-state index is 2.38. The maximum atomic E-state index is 2.38. The van der Waals surface area contributed by atoms with Gasteiger partial charge in [0.15, 0.2) is 0 Å². The van der Waals surface area contributed by atoms with Gasteiger partial charge in [-0.25, -0.2) is 0 Å². The van der Waals surface area contributed by atoms with E-state index in [1.165, 1.54) is 51.4 Å². The van der Waals surface area contributed by atoms with Gasteiger partial charge >= 0.3 is 0 Å². The predicted octanol–water partition coefficient (Wildman–Crippen LogP) is 4.37. The molecule has 3 aliphatic carbocycles. The fraction of sp³-hybridized carbons (Fsp3) is 0.647. The predicted molar refractivity (Wildman–Crippen MR) is 71.0 cm³/mol. The summed E-state index contributed by atoms with van der Waals surface area (Å²) in [6.07, 6.45) is 11.9. The Labute approximate surface area is 104 Å². The van der Waals surface area contributed by atoms with Crippen molar-refractivity contribution < 1.29 is 0 Å². The Balaban J connectivity index is 1.68. The van der Waals surface area contributed by atoms with Gasteiger partial charge in [0, 0.05) is 0 Å². The van der Waals surface area contributed by atoms with Crippen molar-refractivity contribution in [1.82, 2.24) is 0 Å². The van der Waals surface area contributed by atoms with Crippen LogP contribution in [-0.4, -0.2) is 0 Å². The summed E-state index contributed by atoms with van der Waals surface area (Å²) in [5.41, 5.74) is 4.02. The van der Waals surface area contributed by atoms with Crippen LogP contribution in [0.4, 0.5) is 0 Å². The summed E-state index contributed by atoms with van der Waals surface area (Å²) < 4.78 is 0. The van der Waals surface area contributed by atoms with E-state index in [1.807, 2.05) is 0 Å². The van der Waals surface area contributed by atoms with Crippen LogP contribution >= 0.6 is 0 Å². The van der Waals surface area contributed by atoms with Crippen molar-refractivity contribution in [3.05, 3.63) is 35.4 Å². The zero-order valence-electron chi connectivity index (χ0n) is 10.6. The summed E-state index contributed by atoms with van der Waals surface area (Å²) in [7, 11) is 0. The minimum atomic E-state index is 0.689. The van der Waals surface area contributed by atoms with Crippen molar-refractivity contribution in [2.24, 2.45) is 17.3 Å². The molecule has 90 valence electrons.